The maximum absolute atomic E-state index is 13.8. The van der Waals surface area contributed by atoms with E-state index in [2.05, 4.69) is 5.32 Å². The lowest BCUT2D eigenvalue weighted by atomic mass is 9.96. The summed E-state index contributed by atoms with van der Waals surface area (Å²) in [5.74, 6) is -0.0329. The minimum Gasteiger partial charge on any atom is -0.330 e. The molecule has 0 aliphatic carbocycles. The highest BCUT2D eigenvalue weighted by Gasteiger charge is 2.21. The normalized spacial score (nSPS) is 11.1. The summed E-state index contributed by atoms with van der Waals surface area (Å²) in [5.41, 5.74) is 2.00. The van der Waals surface area contributed by atoms with Gasteiger partial charge in [-0.25, -0.2) is 0 Å². The third-order valence-electron chi connectivity index (χ3n) is 5.78. The fraction of sp³-hybridized carbons (Fsp3) is 0.0370. The summed E-state index contributed by atoms with van der Waals surface area (Å²) >= 11 is 12.3. The number of nitrogens with zero attached hydrogens (tertiary/aromatic N) is 1. The Balaban J connectivity index is 1.80. The van der Waals surface area contributed by atoms with Gasteiger partial charge in [-0.2, -0.15) is 0 Å². The molecule has 0 bridgehead atoms. The first-order chi connectivity index (χ1) is 16.0. The van der Waals surface area contributed by atoms with Crippen molar-refractivity contribution >= 4 is 56.6 Å². The lowest BCUT2D eigenvalue weighted by Crippen LogP contribution is -2.21. The molecule has 6 heteroatoms. The van der Waals surface area contributed by atoms with Crippen LogP contribution in [0.3, 0.4) is 0 Å². The maximum Gasteiger partial charge on any atom is 0.258 e. The predicted octanol–water partition coefficient (Wildman–Crippen LogP) is 6.92. The van der Waals surface area contributed by atoms with E-state index in [1.807, 2.05) is 72.3 Å². The number of halogens is 2. The molecule has 4 aromatic carbocycles. The lowest BCUT2D eigenvalue weighted by Gasteiger charge is -2.19. The molecule has 5 aromatic rings. The number of hydrogen-bond donors (Lipinski definition) is 1. The zero-order valence-electron chi connectivity index (χ0n) is 17.6. The molecule has 1 N–H and O–H groups in total. The minimum absolute atomic E-state index is 0.155. The van der Waals surface area contributed by atoms with E-state index in [0.717, 1.165) is 16.3 Å². The smallest absolute Gasteiger partial charge is 0.258 e. The second-order valence-electron chi connectivity index (χ2n) is 7.73. The van der Waals surface area contributed by atoms with Crippen LogP contribution in [0.2, 0.25) is 10.0 Å². The van der Waals surface area contributed by atoms with Gasteiger partial charge in [-0.3, -0.25) is 9.59 Å². The second-order valence-corrected chi connectivity index (χ2v) is 8.58. The van der Waals surface area contributed by atoms with Crippen LogP contribution in [0.4, 0.5) is 5.82 Å². The molecule has 4 nitrogen and oxygen atoms in total. The Kier molecular flexibility index (Phi) is 5.41. The molecular weight excluding hydrogens is 455 g/mol. The molecule has 0 unspecified atom stereocenters. The molecule has 0 radical (unpaired) electrons. The van der Waals surface area contributed by atoms with Crippen LogP contribution in [0, 0.1) is 0 Å². The molecule has 5 rings (SSSR count). The molecule has 0 spiro atoms. The van der Waals surface area contributed by atoms with Gasteiger partial charge in [0.15, 0.2) is 5.43 Å². The van der Waals surface area contributed by atoms with E-state index in [0.29, 0.717) is 27.3 Å². The van der Waals surface area contributed by atoms with Crippen molar-refractivity contribution in [3.63, 3.8) is 0 Å². The number of rotatable bonds is 3. The summed E-state index contributed by atoms with van der Waals surface area (Å²) in [4.78, 5) is 27.0. The van der Waals surface area contributed by atoms with Crippen molar-refractivity contribution in [1.82, 2.24) is 4.57 Å². The number of para-hydroxylation sites is 1. The lowest BCUT2D eigenvalue weighted by molar-refractivity contribution is 0.102. The van der Waals surface area contributed by atoms with E-state index in [1.54, 1.807) is 18.2 Å². The van der Waals surface area contributed by atoms with Crippen LogP contribution < -0.4 is 10.7 Å². The highest BCUT2D eigenvalue weighted by Crippen LogP contribution is 2.34. The summed E-state index contributed by atoms with van der Waals surface area (Å²) in [5, 5.41) is 6.12. The number of benzene rings is 4. The van der Waals surface area contributed by atoms with Crippen molar-refractivity contribution < 1.29 is 4.79 Å². The van der Waals surface area contributed by atoms with Crippen LogP contribution in [0.1, 0.15) is 10.4 Å². The van der Waals surface area contributed by atoms with Gasteiger partial charge in [0.05, 0.1) is 21.7 Å². The number of anilines is 1. The Morgan fingerprint density at radius 3 is 2.33 bits per heavy atom. The molecule has 0 aliphatic rings. The number of amides is 1. The minimum atomic E-state index is -0.427. The molecular formula is C27H18Cl2N2O2. The largest absolute Gasteiger partial charge is 0.330 e. The van der Waals surface area contributed by atoms with Crippen molar-refractivity contribution in [1.29, 1.82) is 0 Å². The van der Waals surface area contributed by atoms with E-state index in [1.165, 1.54) is 6.07 Å². The Morgan fingerprint density at radius 1 is 0.848 bits per heavy atom. The number of hydrogen-bond acceptors (Lipinski definition) is 2. The fourth-order valence-electron chi connectivity index (χ4n) is 4.18. The third kappa shape index (κ3) is 3.67. The van der Waals surface area contributed by atoms with E-state index in [9.17, 15) is 9.59 Å². The Labute approximate surface area is 200 Å². The summed E-state index contributed by atoms with van der Waals surface area (Å²) in [6, 6.07) is 25.7. The zero-order chi connectivity index (χ0) is 23.1. The molecule has 162 valence electrons. The summed E-state index contributed by atoms with van der Waals surface area (Å²) in [6.07, 6.45) is 0. The number of nitrogens with one attached hydrogen (secondary N) is 1. The topological polar surface area (TPSA) is 51.1 Å². The first-order valence-electron chi connectivity index (χ1n) is 10.3. The van der Waals surface area contributed by atoms with Crippen molar-refractivity contribution in [3.8, 4) is 11.1 Å². The predicted molar refractivity (Wildman–Crippen MR) is 137 cm³/mol. The van der Waals surface area contributed by atoms with Crippen molar-refractivity contribution in [2.24, 2.45) is 7.05 Å². The SMILES string of the molecule is Cn1c(NC(=O)c2ccc(Cl)cc2Cl)c(-c2cccc3ccccc23)c(=O)c2ccccc21. The van der Waals surface area contributed by atoms with Crippen molar-refractivity contribution in [3.05, 3.63) is 111 Å². The third-order valence-corrected chi connectivity index (χ3v) is 6.32. The molecule has 0 aliphatic heterocycles. The maximum atomic E-state index is 13.8. The average molecular weight is 473 g/mol. The van der Waals surface area contributed by atoms with E-state index in [4.69, 9.17) is 23.2 Å². The summed E-state index contributed by atoms with van der Waals surface area (Å²) in [6.45, 7) is 0. The average Bonchev–Trinajstić information content (AvgIpc) is 2.82. The molecule has 0 fully saturated rings. The van der Waals surface area contributed by atoms with E-state index < -0.39 is 5.91 Å². The van der Waals surface area contributed by atoms with E-state index in [-0.39, 0.29) is 16.0 Å². The first-order valence-corrected chi connectivity index (χ1v) is 11.1. The molecule has 0 saturated carbocycles. The number of carbonyl (C=O) groups excluding carboxylic acids is 1. The Hall–Kier alpha value is -3.60. The number of aromatic nitrogens is 1. The van der Waals surface area contributed by atoms with Crippen LogP contribution in [-0.4, -0.2) is 10.5 Å². The number of fused-ring (bicyclic) bond motifs is 2. The summed E-state index contributed by atoms with van der Waals surface area (Å²) in [7, 11) is 1.83. The second kappa shape index (κ2) is 8.39. The van der Waals surface area contributed by atoms with E-state index >= 15 is 0 Å². The van der Waals surface area contributed by atoms with Crippen LogP contribution in [0.5, 0.6) is 0 Å². The molecule has 0 saturated heterocycles. The zero-order valence-corrected chi connectivity index (χ0v) is 19.1. The van der Waals surface area contributed by atoms with Crippen molar-refractivity contribution in [2.45, 2.75) is 0 Å². The Bertz CT molecular complexity index is 1620. The van der Waals surface area contributed by atoms with Gasteiger partial charge in [0.2, 0.25) is 0 Å². The molecule has 33 heavy (non-hydrogen) atoms. The molecule has 1 heterocycles. The molecule has 0 atom stereocenters. The molecule has 1 aromatic heterocycles. The van der Waals surface area contributed by atoms with Crippen LogP contribution in [0.15, 0.2) is 89.7 Å². The van der Waals surface area contributed by atoms with Gasteiger partial charge in [0.1, 0.15) is 5.82 Å². The van der Waals surface area contributed by atoms with Gasteiger partial charge in [-0.05, 0) is 46.7 Å². The standard InChI is InChI=1S/C27H18Cl2N2O2/c1-31-23-12-5-4-10-21(23)25(32)24(19-11-6-8-16-7-2-3-9-18(16)19)26(31)30-27(33)20-14-13-17(28)15-22(20)29/h2-15H,1H3,(H,30,33). The molecule has 1 amide bonds. The van der Waals surface area contributed by atoms with Gasteiger partial charge in [-0.15, -0.1) is 0 Å². The number of aryl methyl sites for hydroxylation is 1. The highest BCUT2D eigenvalue weighted by atomic mass is 35.5. The van der Waals surface area contributed by atoms with Gasteiger partial charge in [-0.1, -0.05) is 77.8 Å². The quantitative estimate of drug-likeness (QED) is 0.309. The summed E-state index contributed by atoms with van der Waals surface area (Å²) < 4.78 is 1.83. The fourth-order valence-corrected chi connectivity index (χ4v) is 4.67. The number of carbonyl (C=O) groups is 1. The highest BCUT2D eigenvalue weighted by molar-refractivity contribution is 6.37. The first kappa shape index (κ1) is 21.3. The van der Waals surface area contributed by atoms with Crippen LogP contribution >= 0.6 is 23.2 Å². The van der Waals surface area contributed by atoms with Gasteiger partial charge in [0, 0.05) is 17.5 Å². The van der Waals surface area contributed by atoms with Crippen molar-refractivity contribution in [2.75, 3.05) is 5.32 Å². The van der Waals surface area contributed by atoms with Crippen LogP contribution in [0.25, 0.3) is 32.8 Å². The monoisotopic (exact) mass is 472 g/mol. The van der Waals surface area contributed by atoms with Crippen LogP contribution in [-0.2, 0) is 7.05 Å². The Morgan fingerprint density at radius 2 is 1.55 bits per heavy atom. The number of pyridine rings is 1. The van der Waals surface area contributed by atoms with Gasteiger partial charge in [0.25, 0.3) is 5.91 Å². The van der Waals surface area contributed by atoms with Gasteiger partial charge >= 0.3 is 0 Å². The van der Waals surface area contributed by atoms with Gasteiger partial charge < -0.3 is 9.88 Å².